The number of nitriles is 1. The van der Waals surface area contributed by atoms with Gasteiger partial charge in [0, 0.05) is 24.7 Å². The first-order valence-electron chi connectivity index (χ1n) is 7.40. The van der Waals surface area contributed by atoms with E-state index in [-0.39, 0.29) is 12.5 Å². The van der Waals surface area contributed by atoms with Gasteiger partial charge in [0.1, 0.15) is 0 Å². The lowest BCUT2D eigenvalue weighted by Gasteiger charge is -2.26. The van der Waals surface area contributed by atoms with Crippen LogP contribution in [-0.2, 0) is 0 Å². The maximum absolute atomic E-state index is 12.7. The zero-order valence-electron chi connectivity index (χ0n) is 13.6. The average Bonchev–Trinajstić information content (AvgIpc) is 2.52. The minimum absolute atomic E-state index is 0.185. The largest absolute Gasteiger partial charge is 0.389 e. The Hall–Kier alpha value is -2.64. The molecular formula is C19H20N2O2. The van der Waals surface area contributed by atoms with Crippen LogP contribution < -0.4 is 0 Å². The third-order valence-electron chi connectivity index (χ3n) is 3.47. The molecule has 2 aromatic rings. The van der Waals surface area contributed by atoms with Crippen LogP contribution in [0.5, 0.6) is 0 Å². The first kappa shape index (κ1) is 16.7. The molecule has 4 nitrogen and oxygen atoms in total. The van der Waals surface area contributed by atoms with E-state index in [0.717, 1.165) is 11.1 Å². The highest BCUT2D eigenvalue weighted by atomic mass is 16.3. The third kappa shape index (κ3) is 3.97. The minimum atomic E-state index is -0.968. The molecule has 1 amide bonds. The van der Waals surface area contributed by atoms with E-state index in [1.807, 2.05) is 24.3 Å². The highest BCUT2D eigenvalue weighted by Crippen LogP contribution is 2.27. The Morgan fingerprint density at radius 3 is 2.30 bits per heavy atom. The third-order valence-corrected chi connectivity index (χ3v) is 3.47. The molecule has 118 valence electrons. The zero-order chi connectivity index (χ0) is 17.0. The Bertz CT molecular complexity index is 754. The molecule has 0 fully saturated rings. The van der Waals surface area contributed by atoms with Gasteiger partial charge in [0.2, 0.25) is 0 Å². The van der Waals surface area contributed by atoms with Gasteiger partial charge in [0.05, 0.1) is 17.2 Å². The fourth-order valence-corrected chi connectivity index (χ4v) is 2.58. The number of nitrogens with zero attached hydrogens (tertiary/aromatic N) is 2. The van der Waals surface area contributed by atoms with Gasteiger partial charge in [-0.25, -0.2) is 0 Å². The molecule has 0 atom stereocenters. The smallest absolute Gasteiger partial charge is 0.254 e. The predicted molar refractivity (Wildman–Crippen MR) is 89.9 cm³/mol. The van der Waals surface area contributed by atoms with E-state index in [2.05, 4.69) is 6.07 Å². The van der Waals surface area contributed by atoms with Crippen molar-refractivity contribution >= 4 is 5.91 Å². The molecule has 0 aromatic heterocycles. The number of carbonyl (C=O) groups is 1. The summed E-state index contributed by atoms with van der Waals surface area (Å²) in [4.78, 5) is 14.2. The SMILES string of the molecule is CN(CC(C)(C)O)C(=O)c1ccccc1-c1ccccc1C#N. The van der Waals surface area contributed by atoms with E-state index in [1.54, 1.807) is 45.2 Å². The lowest BCUT2D eigenvalue weighted by molar-refractivity contribution is 0.0368. The zero-order valence-corrected chi connectivity index (χ0v) is 13.6. The second-order valence-corrected chi connectivity index (χ2v) is 6.18. The maximum Gasteiger partial charge on any atom is 0.254 e. The van der Waals surface area contributed by atoms with Crippen molar-refractivity contribution < 1.29 is 9.90 Å². The molecule has 0 spiro atoms. The van der Waals surface area contributed by atoms with Gasteiger partial charge in [0.15, 0.2) is 0 Å². The van der Waals surface area contributed by atoms with Gasteiger partial charge in [-0.1, -0.05) is 36.4 Å². The molecule has 2 rings (SSSR count). The predicted octanol–water partition coefficient (Wildman–Crippen LogP) is 3.07. The summed E-state index contributed by atoms with van der Waals surface area (Å²) in [6.07, 6.45) is 0. The van der Waals surface area contributed by atoms with Crippen molar-refractivity contribution in [3.8, 4) is 17.2 Å². The van der Waals surface area contributed by atoms with Crippen molar-refractivity contribution in [1.29, 1.82) is 5.26 Å². The van der Waals surface area contributed by atoms with Crippen LogP contribution in [0.2, 0.25) is 0 Å². The molecule has 23 heavy (non-hydrogen) atoms. The minimum Gasteiger partial charge on any atom is -0.389 e. The van der Waals surface area contributed by atoms with E-state index in [4.69, 9.17) is 0 Å². The number of rotatable bonds is 4. The summed E-state index contributed by atoms with van der Waals surface area (Å²) in [6, 6.07) is 16.6. The summed E-state index contributed by atoms with van der Waals surface area (Å²) in [5, 5.41) is 19.2. The molecule has 0 saturated heterocycles. The van der Waals surface area contributed by atoms with Gasteiger partial charge in [-0.05, 0) is 31.5 Å². The fourth-order valence-electron chi connectivity index (χ4n) is 2.58. The summed E-state index contributed by atoms with van der Waals surface area (Å²) in [5.74, 6) is -0.185. The average molecular weight is 308 g/mol. The quantitative estimate of drug-likeness (QED) is 0.944. The molecule has 0 aliphatic carbocycles. The molecule has 0 radical (unpaired) electrons. The Labute approximate surface area is 136 Å². The van der Waals surface area contributed by atoms with E-state index >= 15 is 0 Å². The van der Waals surface area contributed by atoms with Crippen LogP contribution in [0.15, 0.2) is 48.5 Å². The van der Waals surface area contributed by atoms with Crippen LogP contribution >= 0.6 is 0 Å². The molecule has 0 saturated carbocycles. The number of amides is 1. The topological polar surface area (TPSA) is 64.3 Å². The molecule has 0 aliphatic rings. The van der Waals surface area contributed by atoms with E-state index in [0.29, 0.717) is 11.1 Å². The van der Waals surface area contributed by atoms with Crippen LogP contribution in [-0.4, -0.2) is 35.1 Å². The first-order chi connectivity index (χ1) is 10.8. The monoisotopic (exact) mass is 308 g/mol. The van der Waals surface area contributed by atoms with Gasteiger partial charge >= 0.3 is 0 Å². The van der Waals surface area contributed by atoms with Crippen molar-refractivity contribution in [3.05, 3.63) is 59.7 Å². The molecule has 0 heterocycles. The van der Waals surface area contributed by atoms with E-state index < -0.39 is 5.60 Å². The lowest BCUT2D eigenvalue weighted by Crippen LogP contribution is -2.39. The second-order valence-electron chi connectivity index (χ2n) is 6.18. The van der Waals surface area contributed by atoms with Crippen molar-refractivity contribution in [2.24, 2.45) is 0 Å². The van der Waals surface area contributed by atoms with Crippen LogP contribution in [0, 0.1) is 11.3 Å². The molecule has 2 aromatic carbocycles. The second kappa shape index (κ2) is 6.64. The van der Waals surface area contributed by atoms with Crippen LogP contribution in [0.4, 0.5) is 0 Å². The number of benzene rings is 2. The Balaban J connectivity index is 2.46. The van der Waals surface area contributed by atoms with Crippen molar-refractivity contribution in [3.63, 3.8) is 0 Å². The number of hydrogen-bond acceptors (Lipinski definition) is 3. The fraction of sp³-hybridized carbons (Fsp3) is 0.263. The highest BCUT2D eigenvalue weighted by Gasteiger charge is 2.22. The van der Waals surface area contributed by atoms with Gasteiger partial charge in [-0.3, -0.25) is 4.79 Å². The van der Waals surface area contributed by atoms with Crippen molar-refractivity contribution in [2.45, 2.75) is 19.4 Å². The maximum atomic E-state index is 12.7. The standard InChI is InChI=1S/C19H20N2O2/c1-19(2,23)13-21(3)18(22)17-11-7-6-10-16(17)15-9-5-4-8-14(15)12-20/h4-11,23H,13H2,1-3H3. The number of carbonyl (C=O) groups excluding carboxylic acids is 1. The van der Waals surface area contributed by atoms with E-state index in [9.17, 15) is 15.2 Å². The Morgan fingerprint density at radius 1 is 1.13 bits per heavy atom. The first-order valence-corrected chi connectivity index (χ1v) is 7.40. The Kier molecular flexibility index (Phi) is 4.83. The Morgan fingerprint density at radius 2 is 1.70 bits per heavy atom. The van der Waals surface area contributed by atoms with Crippen molar-refractivity contribution in [1.82, 2.24) is 4.90 Å². The molecule has 0 bridgehead atoms. The molecule has 0 aliphatic heterocycles. The highest BCUT2D eigenvalue weighted by molar-refractivity contribution is 6.01. The van der Waals surface area contributed by atoms with Crippen molar-refractivity contribution in [2.75, 3.05) is 13.6 Å². The van der Waals surface area contributed by atoms with Gasteiger partial charge in [-0.15, -0.1) is 0 Å². The summed E-state index contributed by atoms with van der Waals surface area (Å²) >= 11 is 0. The summed E-state index contributed by atoms with van der Waals surface area (Å²) in [5.41, 5.74) is 1.52. The van der Waals surface area contributed by atoms with E-state index in [1.165, 1.54) is 4.90 Å². The summed E-state index contributed by atoms with van der Waals surface area (Å²) < 4.78 is 0. The summed E-state index contributed by atoms with van der Waals surface area (Å²) in [6.45, 7) is 3.54. The van der Waals surface area contributed by atoms with Crippen LogP contribution in [0.25, 0.3) is 11.1 Å². The van der Waals surface area contributed by atoms with Crippen LogP contribution in [0.1, 0.15) is 29.8 Å². The number of likely N-dealkylation sites (N-methyl/N-ethyl adjacent to an activating group) is 1. The summed E-state index contributed by atoms with van der Waals surface area (Å²) in [7, 11) is 1.66. The normalized spacial score (nSPS) is 10.9. The van der Waals surface area contributed by atoms with Gasteiger partial charge in [0.25, 0.3) is 5.91 Å². The molecule has 0 unspecified atom stereocenters. The van der Waals surface area contributed by atoms with Crippen LogP contribution in [0.3, 0.4) is 0 Å². The van der Waals surface area contributed by atoms with Gasteiger partial charge in [-0.2, -0.15) is 5.26 Å². The van der Waals surface area contributed by atoms with Gasteiger partial charge < -0.3 is 10.0 Å². The molecular weight excluding hydrogens is 288 g/mol. The molecule has 1 N–H and O–H groups in total. The number of aliphatic hydroxyl groups is 1. The number of hydrogen-bond donors (Lipinski definition) is 1. The lowest BCUT2D eigenvalue weighted by atomic mass is 9.95. The molecule has 4 heteroatoms.